The molecule has 0 saturated heterocycles. The van der Waals surface area contributed by atoms with Crippen molar-refractivity contribution in [3.05, 3.63) is 41.6 Å². The highest BCUT2D eigenvalue weighted by Gasteiger charge is 2.00. The van der Waals surface area contributed by atoms with Crippen LogP contribution in [-0.2, 0) is 6.42 Å². The number of rotatable bonds is 1. The van der Waals surface area contributed by atoms with Crippen LogP contribution in [0.4, 0.5) is 0 Å². The molecule has 1 heterocycles. The molecule has 0 fully saturated rings. The second-order valence-electron chi connectivity index (χ2n) is 3.28. The van der Waals surface area contributed by atoms with E-state index in [1.165, 1.54) is 5.56 Å². The molecule has 2 aromatic rings. The number of para-hydroxylation sites is 1. The molecule has 2 heteroatoms. The van der Waals surface area contributed by atoms with E-state index in [2.05, 4.69) is 11.1 Å². The first kappa shape index (κ1) is 8.71. The lowest BCUT2D eigenvalue weighted by Crippen LogP contribution is -1.91. The van der Waals surface area contributed by atoms with Crippen molar-refractivity contribution in [1.82, 2.24) is 4.98 Å². The van der Waals surface area contributed by atoms with E-state index < -0.39 is 0 Å². The van der Waals surface area contributed by atoms with Crippen molar-refractivity contribution in [1.29, 1.82) is 5.26 Å². The Morgan fingerprint density at radius 3 is 2.93 bits per heavy atom. The van der Waals surface area contributed by atoms with E-state index in [-0.39, 0.29) is 0 Å². The van der Waals surface area contributed by atoms with Crippen LogP contribution < -0.4 is 0 Å². The van der Waals surface area contributed by atoms with E-state index in [0.717, 1.165) is 16.6 Å². The van der Waals surface area contributed by atoms with Crippen molar-refractivity contribution in [2.24, 2.45) is 0 Å². The van der Waals surface area contributed by atoms with E-state index in [9.17, 15) is 0 Å². The molecule has 0 atom stereocenters. The molecule has 0 saturated carbocycles. The molecule has 68 valence electrons. The molecule has 0 N–H and O–H groups in total. The van der Waals surface area contributed by atoms with Gasteiger partial charge in [-0.05, 0) is 24.6 Å². The summed E-state index contributed by atoms with van der Waals surface area (Å²) in [6.07, 6.45) is 0.381. The topological polar surface area (TPSA) is 36.7 Å². The lowest BCUT2D eigenvalue weighted by molar-refractivity contribution is 1.14. The third-order valence-corrected chi connectivity index (χ3v) is 2.24. The SMILES string of the molecule is Cc1cc(CC#N)nc2ccccc12. The predicted molar refractivity (Wildman–Crippen MR) is 55.8 cm³/mol. The fourth-order valence-corrected chi connectivity index (χ4v) is 1.59. The first-order valence-electron chi connectivity index (χ1n) is 4.53. The zero-order valence-electron chi connectivity index (χ0n) is 7.99. The van der Waals surface area contributed by atoms with E-state index in [1.54, 1.807) is 0 Å². The van der Waals surface area contributed by atoms with Crippen molar-refractivity contribution in [2.45, 2.75) is 13.3 Å². The monoisotopic (exact) mass is 182 g/mol. The summed E-state index contributed by atoms with van der Waals surface area (Å²) in [4.78, 5) is 4.40. The Morgan fingerprint density at radius 2 is 2.14 bits per heavy atom. The average molecular weight is 182 g/mol. The normalized spacial score (nSPS) is 10.0. The standard InChI is InChI=1S/C12H10N2/c1-9-8-10(6-7-13)14-12-5-3-2-4-11(9)12/h2-5,8H,6H2,1H3. The number of nitrogens with zero attached hydrogens (tertiary/aromatic N) is 2. The zero-order chi connectivity index (χ0) is 9.97. The molecule has 1 aromatic carbocycles. The number of benzene rings is 1. The highest BCUT2D eigenvalue weighted by atomic mass is 14.7. The third-order valence-electron chi connectivity index (χ3n) is 2.24. The summed E-state index contributed by atoms with van der Waals surface area (Å²) in [5.41, 5.74) is 3.00. The lowest BCUT2D eigenvalue weighted by Gasteiger charge is -2.03. The molecule has 14 heavy (non-hydrogen) atoms. The summed E-state index contributed by atoms with van der Waals surface area (Å²) in [5, 5.41) is 9.75. The van der Waals surface area contributed by atoms with E-state index in [1.807, 2.05) is 37.3 Å². The maximum Gasteiger partial charge on any atom is 0.0775 e. The molecule has 1 aromatic heterocycles. The van der Waals surface area contributed by atoms with Gasteiger partial charge in [-0.2, -0.15) is 5.26 Å². The van der Waals surface area contributed by atoms with Crippen molar-refractivity contribution in [3.8, 4) is 6.07 Å². The molecule has 0 aliphatic heterocycles. The molecule has 0 unspecified atom stereocenters. The van der Waals surface area contributed by atoms with Gasteiger partial charge in [-0.3, -0.25) is 4.98 Å². The Bertz CT molecular complexity index is 509. The highest BCUT2D eigenvalue weighted by Crippen LogP contribution is 2.17. The Balaban J connectivity index is 2.67. The van der Waals surface area contributed by atoms with Crippen LogP contribution in [0.1, 0.15) is 11.3 Å². The minimum Gasteiger partial charge on any atom is -0.252 e. The van der Waals surface area contributed by atoms with Crippen LogP contribution in [-0.4, -0.2) is 4.98 Å². The number of fused-ring (bicyclic) bond motifs is 1. The molecular formula is C12H10N2. The van der Waals surface area contributed by atoms with Crippen molar-refractivity contribution < 1.29 is 0 Å². The molecule has 0 spiro atoms. The van der Waals surface area contributed by atoms with Gasteiger partial charge in [0, 0.05) is 5.39 Å². The quantitative estimate of drug-likeness (QED) is 0.679. The second kappa shape index (κ2) is 3.47. The van der Waals surface area contributed by atoms with Crippen molar-refractivity contribution in [2.75, 3.05) is 0 Å². The van der Waals surface area contributed by atoms with Gasteiger partial charge in [0.25, 0.3) is 0 Å². The largest absolute Gasteiger partial charge is 0.252 e. The van der Waals surface area contributed by atoms with Crippen LogP contribution in [0.5, 0.6) is 0 Å². The summed E-state index contributed by atoms with van der Waals surface area (Å²) < 4.78 is 0. The van der Waals surface area contributed by atoms with Gasteiger partial charge in [-0.15, -0.1) is 0 Å². The summed E-state index contributed by atoms with van der Waals surface area (Å²) in [7, 11) is 0. The second-order valence-corrected chi connectivity index (χ2v) is 3.28. The number of pyridine rings is 1. The maximum absolute atomic E-state index is 8.59. The maximum atomic E-state index is 8.59. The Morgan fingerprint density at radius 1 is 1.36 bits per heavy atom. The van der Waals surface area contributed by atoms with Crippen LogP contribution in [0.3, 0.4) is 0 Å². The summed E-state index contributed by atoms with van der Waals surface area (Å²) in [5.74, 6) is 0. The molecule has 0 amide bonds. The van der Waals surface area contributed by atoms with Gasteiger partial charge in [0.2, 0.25) is 0 Å². The molecule has 0 aliphatic rings. The van der Waals surface area contributed by atoms with Crippen LogP contribution in [0.2, 0.25) is 0 Å². The summed E-state index contributed by atoms with van der Waals surface area (Å²) in [6.45, 7) is 2.05. The zero-order valence-corrected chi connectivity index (χ0v) is 7.99. The van der Waals surface area contributed by atoms with Gasteiger partial charge in [0.15, 0.2) is 0 Å². The lowest BCUT2D eigenvalue weighted by atomic mass is 10.1. The Labute approximate surface area is 82.8 Å². The number of aromatic nitrogens is 1. The molecule has 0 aliphatic carbocycles. The molecule has 2 rings (SSSR count). The first-order chi connectivity index (χ1) is 6.81. The Kier molecular flexibility index (Phi) is 2.16. The number of nitriles is 1. The minimum atomic E-state index is 0.381. The third kappa shape index (κ3) is 1.45. The average Bonchev–Trinajstić information content (AvgIpc) is 2.18. The fraction of sp³-hybridized carbons (Fsp3) is 0.167. The van der Waals surface area contributed by atoms with Crippen LogP contribution in [0.25, 0.3) is 10.9 Å². The smallest absolute Gasteiger partial charge is 0.0775 e. The van der Waals surface area contributed by atoms with Gasteiger partial charge >= 0.3 is 0 Å². The van der Waals surface area contributed by atoms with Gasteiger partial charge in [-0.25, -0.2) is 0 Å². The van der Waals surface area contributed by atoms with Gasteiger partial charge in [0.05, 0.1) is 23.7 Å². The number of aryl methyl sites for hydroxylation is 1. The van der Waals surface area contributed by atoms with Gasteiger partial charge in [-0.1, -0.05) is 18.2 Å². The molecular weight excluding hydrogens is 172 g/mol. The summed E-state index contributed by atoms with van der Waals surface area (Å²) in [6, 6.07) is 12.1. The molecule has 0 bridgehead atoms. The van der Waals surface area contributed by atoms with Gasteiger partial charge in [0.1, 0.15) is 0 Å². The Hall–Kier alpha value is -1.88. The van der Waals surface area contributed by atoms with E-state index in [0.29, 0.717) is 6.42 Å². The molecule has 2 nitrogen and oxygen atoms in total. The van der Waals surface area contributed by atoms with Crippen LogP contribution in [0.15, 0.2) is 30.3 Å². The minimum absolute atomic E-state index is 0.381. The van der Waals surface area contributed by atoms with Crippen molar-refractivity contribution >= 4 is 10.9 Å². The van der Waals surface area contributed by atoms with Crippen LogP contribution in [0, 0.1) is 18.3 Å². The summed E-state index contributed by atoms with van der Waals surface area (Å²) >= 11 is 0. The van der Waals surface area contributed by atoms with Crippen LogP contribution >= 0.6 is 0 Å². The number of hydrogen-bond donors (Lipinski definition) is 0. The van der Waals surface area contributed by atoms with Gasteiger partial charge < -0.3 is 0 Å². The van der Waals surface area contributed by atoms with Crippen molar-refractivity contribution in [3.63, 3.8) is 0 Å². The first-order valence-corrected chi connectivity index (χ1v) is 4.53. The molecule has 0 radical (unpaired) electrons. The highest BCUT2D eigenvalue weighted by molar-refractivity contribution is 5.82. The predicted octanol–water partition coefficient (Wildman–Crippen LogP) is 2.61. The van der Waals surface area contributed by atoms with E-state index in [4.69, 9.17) is 5.26 Å². The number of hydrogen-bond acceptors (Lipinski definition) is 2. The van der Waals surface area contributed by atoms with E-state index >= 15 is 0 Å². The fourth-order valence-electron chi connectivity index (χ4n) is 1.59.